The minimum absolute atomic E-state index is 0.289. The van der Waals surface area contributed by atoms with Gasteiger partial charge in [-0.25, -0.2) is 9.97 Å². The molecular formula is C9H10N6O2. The Morgan fingerprint density at radius 1 is 1.35 bits per heavy atom. The lowest BCUT2D eigenvalue weighted by Gasteiger charge is -2.05. The second-order valence-electron chi connectivity index (χ2n) is 3.43. The maximum absolute atomic E-state index is 5.30. The maximum atomic E-state index is 5.30. The lowest BCUT2D eigenvalue weighted by Crippen LogP contribution is -2.18. The van der Waals surface area contributed by atoms with E-state index in [1.807, 2.05) is 0 Å². The van der Waals surface area contributed by atoms with E-state index in [1.54, 1.807) is 12.3 Å². The first-order chi connectivity index (χ1) is 8.42. The van der Waals surface area contributed by atoms with Gasteiger partial charge in [0.1, 0.15) is 18.6 Å². The lowest BCUT2D eigenvalue weighted by molar-refractivity contribution is -0.0572. The third kappa shape index (κ3) is 2.27. The van der Waals surface area contributed by atoms with Crippen LogP contribution in [0.2, 0.25) is 0 Å². The van der Waals surface area contributed by atoms with Gasteiger partial charge in [0, 0.05) is 6.20 Å². The summed E-state index contributed by atoms with van der Waals surface area (Å²) < 4.78 is 10.6. The second kappa shape index (κ2) is 4.52. The highest BCUT2D eigenvalue weighted by molar-refractivity contribution is 5.45. The maximum Gasteiger partial charge on any atom is 0.223 e. The molecule has 2 aromatic rings. The van der Waals surface area contributed by atoms with Crippen LogP contribution in [-0.2, 0) is 16.0 Å². The molecule has 0 amide bonds. The molecule has 88 valence electrons. The first-order valence-electron chi connectivity index (χ1n) is 5.19. The van der Waals surface area contributed by atoms with Crippen molar-refractivity contribution in [3.05, 3.63) is 18.6 Å². The Morgan fingerprint density at radius 2 is 2.24 bits per heavy atom. The Hall–Kier alpha value is -1.93. The van der Waals surface area contributed by atoms with E-state index in [-0.39, 0.29) is 6.29 Å². The zero-order valence-corrected chi connectivity index (χ0v) is 8.93. The van der Waals surface area contributed by atoms with Crippen molar-refractivity contribution in [3.8, 4) is 11.5 Å². The van der Waals surface area contributed by atoms with Crippen LogP contribution in [0.3, 0.4) is 0 Å². The Labute approximate surface area is 96.6 Å². The fraction of sp³-hybridized carbons (Fsp3) is 0.444. The van der Waals surface area contributed by atoms with Crippen LogP contribution in [0.5, 0.6) is 0 Å². The molecule has 8 nitrogen and oxygen atoms in total. The fourth-order valence-corrected chi connectivity index (χ4v) is 1.49. The van der Waals surface area contributed by atoms with E-state index in [9.17, 15) is 0 Å². The molecule has 2 aromatic heterocycles. The normalized spacial score (nSPS) is 16.5. The van der Waals surface area contributed by atoms with Crippen molar-refractivity contribution < 1.29 is 9.47 Å². The van der Waals surface area contributed by atoms with E-state index >= 15 is 0 Å². The van der Waals surface area contributed by atoms with Gasteiger partial charge in [-0.3, -0.25) is 0 Å². The third-order valence-corrected chi connectivity index (χ3v) is 2.27. The first-order valence-corrected chi connectivity index (χ1v) is 5.19. The van der Waals surface area contributed by atoms with E-state index in [0.29, 0.717) is 31.3 Å². The molecule has 0 aliphatic carbocycles. The molecule has 3 heterocycles. The predicted octanol–water partition coefficient (Wildman–Crippen LogP) is -0.497. The molecule has 1 aliphatic rings. The van der Waals surface area contributed by atoms with Gasteiger partial charge in [-0.05, 0) is 11.3 Å². The van der Waals surface area contributed by atoms with Crippen molar-refractivity contribution in [2.45, 2.75) is 12.8 Å². The SMILES string of the molecule is c1cc(-c2nnn(CC3OCCO3)n2)ncn1. The standard InChI is InChI=1S/C9H10N6O2/c1-2-10-6-11-7(1)9-12-14-15(13-9)5-8-16-3-4-17-8/h1-2,6,8H,3-5H2. The molecule has 1 fully saturated rings. The van der Waals surface area contributed by atoms with Crippen LogP contribution in [0.25, 0.3) is 11.5 Å². The molecule has 8 heteroatoms. The van der Waals surface area contributed by atoms with Gasteiger partial charge in [-0.15, -0.1) is 10.2 Å². The summed E-state index contributed by atoms with van der Waals surface area (Å²) in [6.45, 7) is 1.65. The quantitative estimate of drug-likeness (QED) is 0.707. The van der Waals surface area contributed by atoms with E-state index < -0.39 is 0 Å². The van der Waals surface area contributed by atoms with Crippen LogP contribution in [0, 0.1) is 0 Å². The van der Waals surface area contributed by atoms with Crippen LogP contribution in [0.1, 0.15) is 0 Å². The van der Waals surface area contributed by atoms with Gasteiger partial charge in [0.05, 0.1) is 13.2 Å². The van der Waals surface area contributed by atoms with Crippen molar-refractivity contribution in [1.82, 2.24) is 30.2 Å². The van der Waals surface area contributed by atoms with Gasteiger partial charge in [-0.1, -0.05) is 0 Å². The average Bonchev–Trinajstić information content (AvgIpc) is 3.02. The topological polar surface area (TPSA) is 87.8 Å². The number of ether oxygens (including phenoxy) is 2. The van der Waals surface area contributed by atoms with Gasteiger partial charge >= 0.3 is 0 Å². The highest BCUT2D eigenvalue weighted by Gasteiger charge is 2.18. The molecule has 0 saturated carbocycles. The zero-order chi connectivity index (χ0) is 11.5. The van der Waals surface area contributed by atoms with Crippen molar-refractivity contribution >= 4 is 0 Å². The number of hydrogen-bond acceptors (Lipinski definition) is 7. The third-order valence-electron chi connectivity index (χ3n) is 2.27. The number of rotatable bonds is 3. The van der Waals surface area contributed by atoms with Crippen molar-refractivity contribution in [1.29, 1.82) is 0 Å². The highest BCUT2D eigenvalue weighted by atomic mass is 16.7. The Kier molecular flexibility index (Phi) is 2.72. The van der Waals surface area contributed by atoms with E-state index in [0.717, 1.165) is 0 Å². The molecule has 0 N–H and O–H groups in total. The van der Waals surface area contributed by atoms with E-state index in [2.05, 4.69) is 25.4 Å². The summed E-state index contributed by atoms with van der Waals surface area (Å²) >= 11 is 0. The summed E-state index contributed by atoms with van der Waals surface area (Å²) in [7, 11) is 0. The Morgan fingerprint density at radius 3 is 3.00 bits per heavy atom. The molecule has 1 aliphatic heterocycles. The summed E-state index contributed by atoms with van der Waals surface area (Å²) in [5.74, 6) is 0.463. The minimum Gasteiger partial charge on any atom is -0.348 e. The molecule has 0 spiro atoms. The first kappa shape index (κ1) is 10.2. The van der Waals surface area contributed by atoms with E-state index in [1.165, 1.54) is 11.1 Å². The van der Waals surface area contributed by atoms with Gasteiger partial charge in [-0.2, -0.15) is 4.80 Å². The largest absolute Gasteiger partial charge is 0.348 e. The smallest absolute Gasteiger partial charge is 0.223 e. The molecule has 3 rings (SSSR count). The summed E-state index contributed by atoms with van der Waals surface area (Å²) in [6.07, 6.45) is 2.79. The van der Waals surface area contributed by atoms with Gasteiger partial charge < -0.3 is 9.47 Å². The molecule has 17 heavy (non-hydrogen) atoms. The van der Waals surface area contributed by atoms with Crippen molar-refractivity contribution in [3.63, 3.8) is 0 Å². The van der Waals surface area contributed by atoms with Crippen LogP contribution in [0.4, 0.5) is 0 Å². The van der Waals surface area contributed by atoms with Gasteiger partial charge in [0.2, 0.25) is 5.82 Å². The summed E-state index contributed by atoms with van der Waals surface area (Å²) in [6, 6.07) is 1.73. The molecule has 0 aromatic carbocycles. The molecule has 0 atom stereocenters. The summed E-state index contributed by atoms with van der Waals surface area (Å²) in [5.41, 5.74) is 0.638. The van der Waals surface area contributed by atoms with Crippen molar-refractivity contribution in [2.75, 3.05) is 13.2 Å². The lowest BCUT2D eigenvalue weighted by atomic mass is 10.4. The van der Waals surface area contributed by atoms with E-state index in [4.69, 9.17) is 9.47 Å². The summed E-state index contributed by atoms with van der Waals surface area (Å²) in [5, 5.41) is 12.0. The van der Waals surface area contributed by atoms with Crippen LogP contribution < -0.4 is 0 Å². The monoisotopic (exact) mass is 234 g/mol. The van der Waals surface area contributed by atoms with Crippen molar-refractivity contribution in [2.24, 2.45) is 0 Å². The number of nitrogens with zero attached hydrogens (tertiary/aromatic N) is 6. The molecular weight excluding hydrogens is 224 g/mol. The van der Waals surface area contributed by atoms with Crippen LogP contribution in [0.15, 0.2) is 18.6 Å². The summed E-state index contributed by atoms with van der Waals surface area (Å²) in [4.78, 5) is 9.31. The van der Waals surface area contributed by atoms with Crippen LogP contribution >= 0.6 is 0 Å². The van der Waals surface area contributed by atoms with Gasteiger partial charge in [0.25, 0.3) is 0 Å². The predicted molar refractivity (Wildman–Crippen MR) is 54.5 cm³/mol. The highest BCUT2D eigenvalue weighted by Crippen LogP contribution is 2.09. The Bertz CT molecular complexity index is 481. The number of tetrazole rings is 1. The molecule has 0 radical (unpaired) electrons. The molecule has 0 unspecified atom stereocenters. The van der Waals surface area contributed by atoms with Gasteiger partial charge in [0.15, 0.2) is 6.29 Å². The van der Waals surface area contributed by atoms with Crippen LogP contribution in [-0.4, -0.2) is 49.7 Å². The Balaban J connectivity index is 1.74. The molecule has 0 bridgehead atoms. The molecule has 1 saturated heterocycles. The average molecular weight is 234 g/mol. The zero-order valence-electron chi connectivity index (χ0n) is 8.93. The number of aromatic nitrogens is 6. The number of hydrogen-bond donors (Lipinski definition) is 0. The second-order valence-corrected chi connectivity index (χ2v) is 3.43. The fourth-order valence-electron chi connectivity index (χ4n) is 1.49. The minimum atomic E-state index is -0.289.